The van der Waals surface area contributed by atoms with Crippen LogP contribution < -0.4 is 0 Å². The van der Waals surface area contributed by atoms with Crippen LogP contribution in [0, 0.1) is 0 Å². The summed E-state index contributed by atoms with van der Waals surface area (Å²) in [5.74, 6) is -0.0305. The molecular weight excluding hydrogens is 307 g/mol. The molecule has 0 aromatic carbocycles. The summed E-state index contributed by atoms with van der Waals surface area (Å²) in [4.78, 5) is 21.8. The lowest BCUT2D eigenvalue weighted by Gasteiger charge is -2.01. The molecule has 0 amide bonds. The Morgan fingerprint density at radius 1 is 1.33 bits per heavy atom. The van der Waals surface area contributed by atoms with Crippen LogP contribution in [0.3, 0.4) is 0 Å². The maximum Gasteiger partial charge on any atom is 0.334 e. The van der Waals surface area contributed by atoms with Crippen molar-refractivity contribution >= 4 is 34.3 Å². The summed E-state index contributed by atoms with van der Waals surface area (Å²) in [6.07, 6.45) is 5.20. The lowest BCUT2D eigenvalue weighted by atomic mass is 10.1. The number of esters is 1. The zero-order chi connectivity index (χ0) is 11.7. The van der Waals surface area contributed by atoms with Gasteiger partial charge in [0, 0.05) is 16.4 Å². The maximum absolute atomic E-state index is 11.2. The highest BCUT2D eigenvalue weighted by atomic mass is 127. The zero-order valence-electron chi connectivity index (χ0n) is 9.22. The molecule has 0 rings (SSSR count). The molecule has 15 heavy (non-hydrogen) atoms. The Morgan fingerprint density at radius 3 is 2.47 bits per heavy atom. The quantitative estimate of drug-likeness (QED) is 0.238. The van der Waals surface area contributed by atoms with E-state index >= 15 is 0 Å². The predicted octanol–water partition coefficient (Wildman–Crippen LogP) is 2.67. The van der Waals surface area contributed by atoms with Gasteiger partial charge in [0.25, 0.3) is 0 Å². The van der Waals surface area contributed by atoms with E-state index in [4.69, 9.17) is 0 Å². The second-order valence-electron chi connectivity index (χ2n) is 3.30. The second kappa shape index (κ2) is 8.88. The summed E-state index contributed by atoms with van der Waals surface area (Å²) < 4.78 is 5.30. The summed E-state index contributed by atoms with van der Waals surface area (Å²) in [7, 11) is 1.39. The molecular formula is C11H17IO3. The molecule has 0 aliphatic rings. The summed E-state index contributed by atoms with van der Waals surface area (Å²) in [5.41, 5.74) is 0.709. The number of carbonyl (C=O) groups excluding carboxylic acids is 2. The third-order valence-corrected chi connectivity index (χ3v) is 2.79. The van der Waals surface area contributed by atoms with E-state index in [9.17, 15) is 9.59 Å². The van der Waals surface area contributed by atoms with E-state index in [1.165, 1.54) is 7.11 Å². The second-order valence-corrected chi connectivity index (χ2v) is 4.07. The minimum absolute atomic E-state index is 0.223. The van der Waals surface area contributed by atoms with Crippen LogP contribution in [-0.4, -0.2) is 23.3 Å². The highest BCUT2D eigenvalue weighted by molar-refractivity contribution is 14.1. The van der Waals surface area contributed by atoms with Crippen LogP contribution >= 0.6 is 22.6 Å². The van der Waals surface area contributed by atoms with Gasteiger partial charge in [-0.1, -0.05) is 28.7 Å². The van der Waals surface area contributed by atoms with E-state index in [1.807, 2.05) is 6.08 Å². The van der Waals surface area contributed by atoms with Crippen LogP contribution in [0.25, 0.3) is 0 Å². The van der Waals surface area contributed by atoms with Crippen LogP contribution in [0.1, 0.15) is 32.6 Å². The molecule has 86 valence electrons. The van der Waals surface area contributed by atoms with E-state index in [0.29, 0.717) is 16.4 Å². The van der Waals surface area contributed by atoms with Gasteiger partial charge in [-0.25, -0.2) is 4.79 Å². The molecule has 0 bridgehead atoms. The number of halogens is 1. The number of hydrogen-bond acceptors (Lipinski definition) is 3. The predicted molar refractivity (Wildman–Crippen MR) is 68.1 cm³/mol. The van der Waals surface area contributed by atoms with E-state index in [0.717, 1.165) is 19.3 Å². The molecule has 0 spiro atoms. The first-order valence-corrected chi connectivity index (χ1v) is 6.47. The molecule has 4 heteroatoms. The topological polar surface area (TPSA) is 43.4 Å². The minimum Gasteiger partial charge on any atom is -0.466 e. The van der Waals surface area contributed by atoms with E-state index < -0.39 is 0 Å². The SMILES string of the molecule is COC(=O)C(=CCCCCC(C)=O)CI. The van der Waals surface area contributed by atoms with Crippen molar-refractivity contribution in [2.24, 2.45) is 0 Å². The van der Waals surface area contributed by atoms with E-state index in [-0.39, 0.29) is 11.8 Å². The Hall–Kier alpha value is -0.390. The number of ketones is 1. The number of alkyl halides is 1. The molecule has 0 aromatic heterocycles. The summed E-state index contributed by atoms with van der Waals surface area (Å²) >= 11 is 2.14. The molecule has 0 saturated carbocycles. The Morgan fingerprint density at radius 2 is 2.00 bits per heavy atom. The highest BCUT2D eigenvalue weighted by Gasteiger charge is 2.06. The van der Waals surface area contributed by atoms with E-state index in [2.05, 4.69) is 27.3 Å². The number of methoxy groups -OCH3 is 1. The fourth-order valence-corrected chi connectivity index (χ4v) is 1.74. The van der Waals surface area contributed by atoms with Crippen molar-refractivity contribution in [2.75, 3.05) is 11.5 Å². The summed E-state index contributed by atoms with van der Waals surface area (Å²) in [6.45, 7) is 1.60. The lowest BCUT2D eigenvalue weighted by molar-refractivity contribution is -0.136. The lowest BCUT2D eigenvalue weighted by Crippen LogP contribution is -2.05. The summed E-state index contributed by atoms with van der Waals surface area (Å²) in [6, 6.07) is 0. The van der Waals surface area contributed by atoms with Gasteiger partial charge in [-0.15, -0.1) is 0 Å². The van der Waals surface area contributed by atoms with Crippen molar-refractivity contribution in [3.8, 4) is 0 Å². The number of hydrogen-bond donors (Lipinski definition) is 0. The van der Waals surface area contributed by atoms with Crippen LogP contribution in [0.2, 0.25) is 0 Å². The number of carbonyl (C=O) groups is 2. The molecule has 0 N–H and O–H groups in total. The van der Waals surface area contributed by atoms with Crippen molar-refractivity contribution in [1.29, 1.82) is 0 Å². The average Bonchev–Trinajstić information content (AvgIpc) is 2.22. The first kappa shape index (κ1) is 14.6. The van der Waals surface area contributed by atoms with Crippen LogP contribution in [0.15, 0.2) is 11.6 Å². The van der Waals surface area contributed by atoms with Crippen molar-refractivity contribution in [1.82, 2.24) is 0 Å². The van der Waals surface area contributed by atoms with Gasteiger partial charge in [-0.3, -0.25) is 0 Å². The third kappa shape index (κ3) is 7.53. The first-order chi connectivity index (χ1) is 7.11. The molecule has 3 nitrogen and oxygen atoms in total. The van der Waals surface area contributed by atoms with Crippen LogP contribution in [0.5, 0.6) is 0 Å². The number of allylic oxidation sites excluding steroid dienone is 1. The molecule has 0 saturated heterocycles. The first-order valence-electron chi connectivity index (χ1n) is 4.94. The Labute approximate surface area is 104 Å². The fraction of sp³-hybridized carbons (Fsp3) is 0.636. The number of unbranched alkanes of at least 4 members (excludes halogenated alkanes) is 2. The molecule has 0 aromatic rings. The monoisotopic (exact) mass is 324 g/mol. The standard InChI is InChI=1S/C11H17IO3/c1-9(13)6-4-3-5-7-10(8-12)11(14)15-2/h7H,3-6,8H2,1-2H3. The van der Waals surface area contributed by atoms with Crippen molar-refractivity contribution in [2.45, 2.75) is 32.6 Å². The molecule has 0 unspecified atom stereocenters. The Kier molecular flexibility index (Phi) is 8.65. The molecule has 0 aliphatic heterocycles. The Bertz CT molecular complexity index is 246. The van der Waals surface area contributed by atoms with Gasteiger partial charge < -0.3 is 9.53 Å². The highest BCUT2D eigenvalue weighted by Crippen LogP contribution is 2.08. The smallest absolute Gasteiger partial charge is 0.334 e. The van der Waals surface area contributed by atoms with Gasteiger partial charge in [0.05, 0.1) is 7.11 Å². The average molecular weight is 324 g/mol. The van der Waals surface area contributed by atoms with Crippen LogP contribution in [0.4, 0.5) is 0 Å². The van der Waals surface area contributed by atoms with Gasteiger partial charge in [-0.05, 0) is 26.2 Å². The van der Waals surface area contributed by atoms with Gasteiger partial charge in [0.1, 0.15) is 5.78 Å². The largest absolute Gasteiger partial charge is 0.466 e. The molecule has 0 atom stereocenters. The van der Waals surface area contributed by atoms with Gasteiger partial charge in [-0.2, -0.15) is 0 Å². The zero-order valence-corrected chi connectivity index (χ0v) is 11.4. The summed E-state index contributed by atoms with van der Waals surface area (Å²) in [5, 5.41) is 0. The molecule has 0 fully saturated rings. The molecule has 0 radical (unpaired) electrons. The minimum atomic E-state index is -0.254. The third-order valence-electron chi connectivity index (χ3n) is 1.97. The Balaban J connectivity index is 3.81. The molecule has 0 aliphatic carbocycles. The van der Waals surface area contributed by atoms with Crippen molar-refractivity contribution in [3.05, 3.63) is 11.6 Å². The number of rotatable bonds is 7. The normalized spacial score (nSPS) is 11.3. The number of ether oxygens (including phenoxy) is 1. The van der Waals surface area contributed by atoms with Crippen molar-refractivity contribution < 1.29 is 14.3 Å². The number of Topliss-reactive ketones (excluding diaryl/α,β-unsaturated/α-hetero) is 1. The van der Waals surface area contributed by atoms with Crippen molar-refractivity contribution in [3.63, 3.8) is 0 Å². The fourth-order valence-electron chi connectivity index (χ4n) is 1.12. The van der Waals surface area contributed by atoms with Gasteiger partial charge >= 0.3 is 5.97 Å². The maximum atomic E-state index is 11.2. The van der Waals surface area contributed by atoms with Gasteiger partial charge in [0.2, 0.25) is 0 Å². The van der Waals surface area contributed by atoms with E-state index in [1.54, 1.807) is 6.92 Å². The van der Waals surface area contributed by atoms with Crippen LogP contribution in [-0.2, 0) is 14.3 Å². The molecule has 0 heterocycles. The van der Waals surface area contributed by atoms with Gasteiger partial charge in [0.15, 0.2) is 0 Å².